The highest BCUT2D eigenvalue weighted by Crippen LogP contribution is 2.35. The van der Waals surface area contributed by atoms with Gasteiger partial charge in [0, 0.05) is 13.2 Å². The van der Waals surface area contributed by atoms with Gasteiger partial charge in [-0.1, -0.05) is 30.3 Å². The maximum Gasteiger partial charge on any atom is 0.435 e. The molecule has 0 N–H and O–H groups in total. The van der Waals surface area contributed by atoms with Crippen LogP contribution in [-0.4, -0.2) is 19.7 Å². The normalized spacial score (nSPS) is 11.5. The van der Waals surface area contributed by atoms with E-state index >= 15 is 0 Å². The van der Waals surface area contributed by atoms with Crippen molar-refractivity contribution >= 4 is 0 Å². The van der Waals surface area contributed by atoms with Crippen molar-refractivity contribution in [3.63, 3.8) is 0 Å². The highest BCUT2D eigenvalue weighted by Gasteiger charge is 2.37. The van der Waals surface area contributed by atoms with Crippen molar-refractivity contribution in [3.05, 3.63) is 60.2 Å². The minimum absolute atomic E-state index is 0.0856. The number of halogens is 3. The van der Waals surface area contributed by atoms with Crippen LogP contribution in [-0.2, 0) is 19.8 Å². The second-order valence-corrected chi connectivity index (χ2v) is 5.08. The molecule has 8 heteroatoms. The Kier molecular flexibility index (Phi) is 4.20. The Labute approximate surface area is 135 Å². The third kappa shape index (κ3) is 3.53. The Morgan fingerprint density at radius 1 is 1.08 bits per heavy atom. The zero-order chi connectivity index (χ0) is 17.2. The fourth-order valence-corrected chi connectivity index (χ4v) is 2.15. The number of hydrogen-bond acceptors (Lipinski definition) is 4. The van der Waals surface area contributed by atoms with E-state index in [0.717, 1.165) is 10.2 Å². The van der Waals surface area contributed by atoms with E-state index in [1.54, 1.807) is 0 Å². The third-order valence-electron chi connectivity index (χ3n) is 3.23. The lowest BCUT2D eigenvalue weighted by atomic mass is 10.2. The predicted octanol–water partition coefficient (Wildman–Crippen LogP) is 3.47. The molecule has 0 saturated carbocycles. The average Bonchev–Trinajstić information content (AvgIpc) is 2.97. The number of benzene rings is 1. The minimum atomic E-state index is -4.55. The van der Waals surface area contributed by atoms with Crippen molar-refractivity contribution in [3.8, 4) is 17.1 Å². The molecule has 3 aromatic rings. The van der Waals surface area contributed by atoms with E-state index in [0.29, 0.717) is 6.61 Å². The van der Waals surface area contributed by atoms with Crippen LogP contribution in [0.3, 0.4) is 0 Å². The largest absolute Gasteiger partial charge is 0.472 e. The fraction of sp³-hybridized carbons (Fsp3) is 0.188. The highest BCUT2D eigenvalue weighted by atomic mass is 19.4. The first-order chi connectivity index (χ1) is 11.4. The Balaban J connectivity index is 1.78. The van der Waals surface area contributed by atoms with Gasteiger partial charge in [-0.15, -0.1) is 0 Å². The van der Waals surface area contributed by atoms with Gasteiger partial charge in [-0.05, 0) is 5.56 Å². The summed E-state index contributed by atoms with van der Waals surface area (Å²) in [5.74, 6) is 0.236. The van der Waals surface area contributed by atoms with Gasteiger partial charge in [-0.25, -0.2) is 9.97 Å². The zero-order valence-electron chi connectivity index (χ0n) is 12.7. The van der Waals surface area contributed by atoms with Crippen molar-refractivity contribution in [2.75, 3.05) is 0 Å². The summed E-state index contributed by atoms with van der Waals surface area (Å²) in [5, 5.41) is 3.45. The number of rotatable bonds is 4. The fourth-order valence-electron chi connectivity index (χ4n) is 2.15. The number of nitrogens with zero attached hydrogens (tertiary/aromatic N) is 4. The average molecular weight is 334 g/mol. The summed E-state index contributed by atoms with van der Waals surface area (Å²) in [7, 11) is 1.42. The van der Waals surface area contributed by atoms with Gasteiger partial charge in [0.05, 0.1) is 23.7 Å². The van der Waals surface area contributed by atoms with Crippen molar-refractivity contribution in [2.24, 2.45) is 7.05 Å². The molecular weight excluding hydrogens is 321 g/mol. The summed E-state index contributed by atoms with van der Waals surface area (Å²) in [4.78, 5) is 8.02. The Morgan fingerprint density at radius 2 is 1.83 bits per heavy atom. The molecule has 0 saturated heterocycles. The van der Waals surface area contributed by atoms with Crippen LogP contribution in [0.5, 0.6) is 5.88 Å². The molecule has 24 heavy (non-hydrogen) atoms. The van der Waals surface area contributed by atoms with Gasteiger partial charge in [-0.3, -0.25) is 4.68 Å². The molecule has 1 aromatic carbocycles. The molecule has 0 fully saturated rings. The summed E-state index contributed by atoms with van der Waals surface area (Å²) >= 11 is 0. The monoisotopic (exact) mass is 334 g/mol. The molecule has 124 valence electrons. The summed E-state index contributed by atoms with van der Waals surface area (Å²) in [6, 6.07) is 9.45. The lowest BCUT2D eigenvalue weighted by Gasteiger charge is -2.07. The van der Waals surface area contributed by atoms with Gasteiger partial charge in [0.15, 0.2) is 5.69 Å². The Bertz CT molecular complexity index is 814. The second kappa shape index (κ2) is 6.31. The molecule has 5 nitrogen and oxygen atoms in total. The number of aryl methyl sites for hydroxylation is 1. The van der Waals surface area contributed by atoms with Crippen molar-refractivity contribution in [1.29, 1.82) is 0 Å². The first kappa shape index (κ1) is 16.0. The molecule has 0 atom stereocenters. The maximum atomic E-state index is 13.0. The summed E-state index contributed by atoms with van der Waals surface area (Å²) in [6.45, 7) is 0.301. The molecule has 2 heterocycles. The van der Waals surface area contributed by atoms with Gasteiger partial charge in [0.1, 0.15) is 6.61 Å². The van der Waals surface area contributed by atoms with Crippen molar-refractivity contribution < 1.29 is 17.9 Å². The van der Waals surface area contributed by atoms with E-state index in [2.05, 4.69) is 15.1 Å². The Hall–Kier alpha value is -2.90. The van der Waals surface area contributed by atoms with Crippen LogP contribution in [0.25, 0.3) is 11.3 Å². The number of aromatic nitrogens is 4. The van der Waals surface area contributed by atoms with Crippen LogP contribution in [0.15, 0.2) is 48.9 Å². The van der Waals surface area contributed by atoms with Gasteiger partial charge in [0.2, 0.25) is 5.88 Å². The van der Waals surface area contributed by atoms with Gasteiger partial charge < -0.3 is 4.74 Å². The molecule has 0 aliphatic carbocycles. The van der Waals surface area contributed by atoms with E-state index in [9.17, 15) is 13.2 Å². The van der Waals surface area contributed by atoms with E-state index in [1.807, 2.05) is 30.3 Å². The molecule has 2 aromatic heterocycles. The molecule has 0 radical (unpaired) electrons. The van der Waals surface area contributed by atoms with E-state index in [-0.39, 0.29) is 17.1 Å². The summed E-state index contributed by atoms with van der Waals surface area (Å²) in [5.41, 5.74) is -0.0677. The molecule has 0 spiro atoms. The third-order valence-corrected chi connectivity index (χ3v) is 3.23. The number of alkyl halides is 3. The quantitative estimate of drug-likeness (QED) is 0.733. The van der Waals surface area contributed by atoms with E-state index in [1.165, 1.54) is 25.6 Å². The highest BCUT2D eigenvalue weighted by molar-refractivity contribution is 5.61. The van der Waals surface area contributed by atoms with Gasteiger partial charge in [-0.2, -0.15) is 18.3 Å². The number of ether oxygens (including phenoxy) is 1. The van der Waals surface area contributed by atoms with Crippen LogP contribution < -0.4 is 4.74 Å². The van der Waals surface area contributed by atoms with Crippen LogP contribution in [0.2, 0.25) is 0 Å². The van der Waals surface area contributed by atoms with E-state index in [4.69, 9.17) is 4.74 Å². The predicted molar refractivity (Wildman–Crippen MR) is 80.0 cm³/mol. The molecule has 0 amide bonds. The lowest BCUT2D eigenvalue weighted by Crippen LogP contribution is -2.08. The van der Waals surface area contributed by atoms with Crippen LogP contribution in [0.4, 0.5) is 13.2 Å². The maximum absolute atomic E-state index is 13.0. The topological polar surface area (TPSA) is 52.8 Å². The molecule has 0 bridgehead atoms. The minimum Gasteiger partial charge on any atom is -0.472 e. The smallest absolute Gasteiger partial charge is 0.435 e. The van der Waals surface area contributed by atoms with E-state index < -0.39 is 11.9 Å². The molecule has 0 aliphatic rings. The molecule has 0 aliphatic heterocycles. The second-order valence-electron chi connectivity index (χ2n) is 5.08. The zero-order valence-corrected chi connectivity index (χ0v) is 12.7. The lowest BCUT2D eigenvalue weighted by molar-refractivity contribution is -0.141. The molecular formula is C16H13F3N4O. The van der Waals surface area contributed by atoms with Gasteiger partial charge in [0.25, 0.3) is 0 Å². The first-order valence-electron chi connectivity index (χ1n) is 7.03. The van der Waals surface area contributed by atoms with Crippen molar-refractivity contribution in [1.82, 2.24) is 19.7 Å². The SMILES string of the molecule is Cn1cc(-c2cnc(OCc3ccccc3)cn2)c(C(F)(F)F)n1. The van der Waals surface area contributed by atoms with Crippen LogP contribution in [0.1, 0.15) is 11.3 Å². The van der Waals surface area contributed by atoms with Crippen LogP contribution >= 0.6 is 0 Å². The summed E-state index contributed by atoms with van der Waals surface area (Å²) < 4.78 is 45.5. The van der Waals surface area contributed by atoms with Crippen LogP contribution in [0, 0.1) is 0 Å². The first-order valence-corrected chi connectivity index (χ1v) is 7.03. The van der Waals surface area contributed by atoms with Crippen molar-refractivity contribution in [2.45, 2.75) is 12.8 Å². The standard InChI is InChI=1S/C16H13F3N4O/c1-23-9-12(15(22-23)16(17,18)19)13-7-21-14(8-20-13)24-10-11-5-3-2-4-6-11/h2-9H,10H2,1H3. The van der Waals surface area contributed by atoms with Gasteiger partial charge >= 0.3 is 6.18 Å². The summed E-state index contributed by atoms with van der Waals surface area (Å²) in [6.07, 6.45) is -0.754. The number of hydrogen-bond donors (Lipinski definition) is 0. The molecule has 0 unspecified atom stereocenters. The Morgan fingerprint density at radius 3 is 2.46 bits per heavy atom. The molecule has 3 rings (SSSR count).